The van der Waals surface area contributed by atoms with E-state index in [1.54, 1.807) is 10.9 Å². The van der Waals surface area contributed by atoms with Crippen molar-refractivity contribution in [3.05, 3.63) is 22.4 Å². The molecule has 2 aromatic heterocycles. The van der Waals surface area contributed by atoms with Gasteiger partial charge in [0.1, 0.15) is 0 Å². The molecule has 0 spiro atoms. The molecule has 0 aliphatic heterocycles. The third-order valence-corrected chi connectivity index (χ3v) is 3.49. The summed E-state index contributed by atoms with van der Waals surface area (Å²) in [4.78, 5) is 17.2. The summed E-state index contributed by atoms with van der Waals surface area (Å²) < 4.78 is 5.81. The van der Waals surface area contributed by atoms with Crippen LogP contribution in [-0.4, -0.2) is 26.0 Å². The average Bonchev–Trinajstić information content (AvgIpc) is 2.63. The summed E-state index contributed by atoms with van der Waals surface area (Å²) >= 11 is 1.27. The average molecular weight is 266 g/mol. The van der Waals surface area contributed by atoms with Crippen molar-refractivity contribution in [2.45, 2.75) is 39.8 Å². The van der Waals surface area contributed by atoms with Gasteiger partial charge in [0.2, 0.25) is 0 Å². The molecule has 0 aliphatic carbocycles. The van der Waals surface area contributed by atoms with Crippen LogP contribution in [0.4, 0.5) is 0 Å². The molecule has 2 heterocycles. The van der Waals surface area contributed by atoms with Crippen molar-refractivity contribution in [2.75, 3.05) is 6.54 Å². The fourth-order valence-electron chi connectivity index (χ4n) is 1.72. The highest BCUT2D eigenvalue weighted by Gasteiger charge is 2.11. The van der Waals surface area contributed by atoms with Gasteiger partial charge in [0.15, 0.2) is 4.83 Å². The standard InChI is InChI=1S/C12H18N4OS/c1-8-9-10(18-15-8)13-7-16(11(9)17)6-5-14-12(2,3)4/h7,14H,5-6H2,1-4H3. The summed E-state index contributed by atoms with van der Waals surface area (Å²) in [6, 6.07) is 0. The van der Waals surface area contributed by atoms with E-state index in [0.29, 0.717) is 11.9 Å². The molecule has 0 unspecified atom stereocenters. The van der Waals surface area contributed by atoms with E-state index in [9.17, 15) is 4.79 Å². The van der Waals surface area contributed by atoms with Crippen molar-refractivity contribution in [2.24, 2.45) is 0 Å². The molecule has 0 aliphatic rings. The third kappa shape index (κ3) is 2.76. The smallest absolute Gasteiger partial charge is 0.264 e. The van der Waals surface area contributed by atoms with Gasteiger partial charge in [-0.25, -0.2) is 4.98 Å². The molecular weight excluding hydrogens is 248 g/mol. The van der Waals surface area contributed by atoms with Gasteiger partial charge in [0.05, 0.1) is 17.4 Å². The molecule has 5 nitrogen and oxygen atoms in total. The second-order valence-corrected chi connectivity index (χ2v) is 6.12. The zero-order valence-electron chi connectivity index (χ0n) is 11.1. The lowest BCUT2D eigenvalue weighted by atomic mass is 10.1. The molecule has 0 bridgehead atoms. The van der Waals surface area contributed by atoms with Gasteiger partial charge < -0.3 is 5.32 Å². The van der Waals surface area contributed by atoms with Crippen LogP contribution in [-0.2, 0) is 6.54 Å². The molecule has 98 valence electrons. The minimum absolute atomic E-state index is 0.00181. The van der Waals surface area contributed by atoms with Gasteiger partial charge in [-0.05, 0) is 39.2 Å². The summed E-state index contributed by atoms with van der Waals surface area (Å²) in [5, 5.41) is 4.00. The van der Waals surface area contributed by atoms with Crippen LogP contribution in [0.25, 0.3) is 10.2 Å². The summed E-state index contributed by atoms with van der Waals surface area (Å²) in [6.07, 6.45) is 1.60. The van der Waals surface area contributed by atoms with Crippen LogP contribution in [0.1, 0.15) is 26.5 Å². The largest absolute Gasteiger partial charge is 0.310 e. The highest BCUT2D eigenvalue weighted by molar-refractivity contribution is 7.12. The first-order valence-corrected chi connectivity index (χ1v) is 6.72. The molecule has 2 aromatic rings. The van der Waals surface area contributed by atoms with Crippen LogP contribution in [0, 0.1) is 6.92 Å². The monoisotopic (exact) mass is 266 g/mol. The maximum absolute atomic E-state index is 12.2. The Labute approximate surface area is 110 Å². The fraction of sp³-hybridized carbons (Fsp3) is 0.583. The van der Waals surface area contributed by atoms with Crippen molar-refractivity contribution in [3.8, 4) is 0 Å². The molecule has 0 saturated carbocycles. The van der Waals surface area contributed by atoms with Crippen LogP contribution in [0.15, 0.2) is 11.1 Å². The lowest BCUT2D eigenvalue weighted by molar-refractivity contribution is 0.410. The Hall–Kier alpha value is -1.27. The highest BCUT2D eigenvalue weighted by atomic mass is 32.1. The van der Waals surface area contributed by atoms with Gasteiger partial charge in [-0.15, -0.1) is 0 Å². The third-order valence-electron chi connectivity index (χ3n) is 2.64. The molecular formula is C12H18N4OS. The normalized spacial score (nSPS) is 12.2. The molecule has 18 heavy (non-hydrogen) atoms. The van der Waals surface area contributed by atoms with Gasteiger partial charge in [-0.3, -0.25) is 9.36 Å². The molecule has 6 heteroatoms. The minimum Gasteiger partial charge on any atom is -0.310 e. The van der Waals surface area contributed by atoms with Crippen LogP contribution in [0.5, 0.6) is 0 Å². The Morgan fingerprint density at radius 2 is 2.17 bits per heavy atom. The molecule has 0 radical (unpaired) electrons. The predicted molar refractivity (Wildman–Crippen MR) is 74.2 cm³/mol. The molecule has 0 fully saturated rings. The van der Waals surface area contributed by atoms with E-state index in [-0.39, 0.29) is 11.1 Å². The molecule has 0 atom stereocenters. The van der Waals surface area contributed by atoms with E-state index >= 15 is 0 Å². The predicted octanol–water partition coefficient (Wildman–Crippen LogP) is 1.55. The van der Waals surface area contributed by atoms with Crippen molar-refractivity contribution in [1.82, 2.24) is 19.2 Å². The first kappa shape index (κ1) is 13.2. The van der Waals surface area contributed by atoms with E-state index in [2.05, 4.69) is 35.4 Å². The van der Waals surface area contributed by atoms with Crippen LogP contribution in [0.3, 0.4) is 0 Å². The summed E-state index contributed by atoms with van der Waals surface area (Å²) in [7, 11) is 0. The zero-order chi connectivity index (χ0) is 13.3. The topological polar surface area (TPSA) is 59.8 Å². The molecule has 1 N–H and O–H groups in total. The molecule has 0 amide bonds. The first-order valence-electron chi connectivity index (χ1n) is 5.95. The second-order valence-electron chi connectivity index (χ2n) is 5.37. The Morgan fingerprint density at radius 3 is 2.83 bits per heavy atom. The number of hydrogen-bond acceptors (Lipinski definition) is 5. The van der Waals surface area contributed by atoms with E-state index in [1.165, 1.54) is 11.5 Å². The lowest BCUT2D eigenvalue weighted by Crippen LogP contribution is -2.39. The quantitative estimate of drug-likeness (QED) is 0.915. The Balaban J connectivity index is 2.22. The van der Waals surface area contributed by atoms with Crippen molar-refractivity contribution in [1.29, 1.82) is 0 Å². The van der Waals surface area contributed by atoms with E-state index < -0.39 is 0 Å². The van der Waals surface area contributed by atoms with Crippen molar-refractivity contribution in [3.63, 3.8) is 0 Å². The maximum Gasteiger partial charge on any atom is 0.264 e. The fourth-order valence-corrected chi connectivity index (χ4v) is 2.46. The zero-order valence-corrected chi connectivity index (χ0v) is 12.0. The summed E-state index contributed by atoms with van der Waals surface area (Å²) in [6.45, 7) is 9.51. The SMILES string of the molecule is Cc1nsc2ncn(CCNC(C)(C)C)c(=O)c12. The van der Waals surface area contributed by atoms with E-state index in [4.69, 9.17) is 0 Å². The Kier molecular flexibility index (Phi) is 3.49. The number of aryl methyl sites for hydroxylation is 1. The number of nitrogens with zero attached hydrogens (tertiary/aromatic N) is 3. The van der Waals surface area contributed by atoms with E-state index in [0.717, 1.165) is 17.1 Å². The Bertz CT molecular complexity index is 609. The number of hydrogen-bond donors (Lipinski definition) is 1. The van der Waals surface area contributed by atoms with Gasteiger partial charge in [0, 0.05) is 18.6 Å². The number of fused-ring (bicyclic) bond motifs is 1. The summed E-state index contributed by atoms with van der Waals surface area (Å²) in [5.41, 5.74) is 0.827. The van der Waals surface area contributed by atoms with Gasteiger partial charge in [-0.1, -0.05) is 0 Å². The maximum atomic E-state index is 12.2. The highest BCUT2D eigenvalue weighted by Crippen LogP contribution is 2.14. The second kappa shape index (κ2) is 4.78. The number of rotatable bonds is 3. The minimum atomic E-state index is 0.00181. The summed E-state index contributed by atoms with van der Waals surface area (Å²) in [5.74, 6) is 0. The van der Waals surface area contributed by atoms with E-state index in [1.807, 2.05) is 6.92 Å². The number of nitrogens with one attached hydrogen (secondary N) is 1. The van der Waals surface area contributed by atoms with Gasteiger partial charge in [-0.2, -0.15) is 4.37 Å². The van der Waals surface area contributed by atoms with Crippen LogP contribution < -0.4 is 10.9 Å². The molecule has 0 saturated heterocycles. The lowest BCUT2D eigenvalue weighted by Gasteiger charge is -2.20. The molecule has 2 rings (SSSR count). The van der Waals surface area contributed by atoms with Gasteiger partial charge in [0.25, 0.3) is 5.56 Å². The van der Waals surface area contributed by atoms with Crippen molar-refractivity contribution >= 4 is 21.7 Å². The van der Waals surface area contributed by atoms with Gasteiger partial charge >= 0.3 is 0 Å². The Morgan fingerprint density at radius 1 is 1.44 bits per heavy atom. The van der Waals surface area contributed by atoms with Crippen molar-refractivity contribution < 1.29 is 0 Å². The number of aromatic nitrogens is 3. The van der Waals surface area contributed by atoms with Crippen LogP contribution >= 0.6 is 11.5 Å². The van der Waals surface area contributed by atoms with Crippen LogP contribution in [0.2, 0.25) is 0 Å². The first-order chi connectivity index (χ1) is 8.38. The molecule has 0 aromatic carbocycles.